The zero-order valence-electron chi connectivity index (χ0n) is 16.7. The van der Waals surface area contributed by atoms with Crippen molar-refractivity contribution in [3.63, 3.8) is 0 Å². The van der Waals surface area contributed by atoms with Crippen LogP contribution in [0, 0.1) is 0 Å². The largest absolute Gasteiger partial charge is 0.492 e. The standard InChI is InChI=1S/C21H27ClN4O2.HI/c1-3-24-21(26-13-14-28-19-9-7-18(22)8-10-19)25-12-11-16-5-4-6-17(15-16)20(27)23-2;/h4-10,15H,3,11-14H2,1-2H3,(H,23,27)(H2,24,25,26);1H. The number of hydrogen-bond donors (Lipinski definition) is 3. The molecule has 0 aromatic heterocycles. The summed E-state index contributed by atoms with van der Waals surface area (Å²) in [5.74, 6) is 1.44. The van der Waals surface area contributed by atoms with E-state index in [9.17, 15) is 4.79 Å². The molecule has 0 heterocycles. The molecule has 8 heteroatoms. The van der Waals surface area contributed by atoms with Crippen molar-refractivity contribution < 1.29 is 9.53 Å². The number of ether oxygens (including phenoxy) is 1. The van der Waals surface area contributed by atoms with Crippen molar-refractivity contribution in [3.8, 4) is 5.75 Å². The molecule has 3 N–H and O–H groups in total. The second-order valence-electron chi connectivity index (χ2n) is 6.02. The third-order valence-electron chi connectivity index (χ3n) is 3.91. The van der Waals surface area contributed by atoms with Crippen molar-refractivity contribution in [1.29, 1.82) is 0 Å². The molecule has 0 atom stereocenters. The van der Waals surface area contributed by atoms with Crippen molar-refractivity contribution in [1.82, 2.24) is 16.0 Å². The predicted octanol–water partition coefficient (Wildman–Crippen LogP) is 3.49. The maximum atomic E-state index is 11.7. The third-order valence-corrected chi connectivity index (χ3v) is 4.16. The summed E-state index contributed by atoms with van der Waals surface area (Å²) >= 11 is 5.86. The summed E-state index contributed by atoms with van der Waals surface area (Å²) in [6, 6.07) is 14.9. The van der Waals surface area contributed by atoms with E-state index in [-0.39, 0.29) is 29.9 Å². The van der Waals surface area contributed by atoms with Crippen LogP contribution in [0.2, 0.25) is 5.02 Å². The number of guanidine groups is 1. The monoisotopic (exact) mass is 530 g/mol. The lowest BCUT2D eigenvalue weighted by atomic mass is 10.1. The summed E-state index contributed by atoms with van der Waals surface area (Å²) in [5.41, 5.74) is 1.74. The van der Waals surface area contributed by atoms with Crippen LogP contribution in [0.25, 0.3) is 0 Å². The van der Waals surface area contributed by atoms with Crippen LogP contribution in [0.15, 0.2) is 53.5 Å². The average Bonchev–Trinajstić information content (AvgIpc) is 2.72. The summed E-state index contributed by atoms with van der Waals surface area (Å²) in [5, 5.41) is 9.79. The number of nitrogens with zero attached hydrogens (tertiary/aromatic N) is 1. The molecule has 0 fully saturated rings. The molecule has 0 saturated heterocycles. The summed E-state index contributed by atoms with van der Waals surface area (Å²) in [6.07, 6.45) is 0.753. The van der Waals surface area contributed by atoms with Crippen LogP contribution in [-0.2, 0) is 6.42 Å². The molecule has 0 aliphatic heterocycles. The van der Waals surface area contributed by atoms with Crippen molar-refractivity contribution in [3.05, 3.63) is 64.7 Å². The minimum atomic E-state index is -0.0824. The molecule has 0 aliphatic rings. The van der Waals surface area contributed by atoms with E-state index in [1.54, 1.807) is 25.2 Å². The molecule has 0 aliphatic carbocycles. The van der Waals surface area contributed by atoms with E-state index in [1.807, 2.05) is 37.3 Å². The summed E-state index contributed by atoms with van der Waals surface area (Å²) in [6.45, 7) is 4.55. The van der Waals surface area contributed by atoms with Gasteiger partial charge in [0.1, 0.15) is 12.4 Å². The highest BCUT2D eigenvalue weighted by Crippen LogP contribution is 2.15. The maximum absolute atomic E-state index is 11.7. The highest BCUT2D eigenvalue weighted by atomic mass is 127. The topological polar surface area (TPSA) is 74.8 Å². The highest BCUT2D eigenvalue weighted by Gasteiger charge is 2.04. The van der Waals surface area contributed by atoms with Crippen molar-refractivity contribution in [2.45, 2.75) is 13.3 Å². The van der Waals surface area contributed by atoms with Gasteiger partial charge in [-0.1, -0.05) is 23.7 Å². The fourth-order valence-corrected chi connectivity index (χ4v) is 2.65. The van der Waals surface area contributed by atoms with Crippen LogP contribution in [0.1, 0.15) is 22.8 Å². The molecule has 158 valence electrons. The fraction of sp³-hybridized carbons (Fsp3) is 0.333. The number of carbonyl (C=O) groups is 1. The van der Waals surface area contributed by atoms with Crippen LogP contribution < -0.4 is 20.7 Å². The summed E-state index contributed by atoms with van der Waals surface area (Å²) in [4.78, 5) is 16.3. The molecular formula is C21H28ClIN4O2. The van der Waals surface area contributed by atoms with Crippen molar-refractivity contribution in [2.24, 2.45) is 4.99 Å². The first kappa shape index (κ1) is 25.0. The Bertz CT molecular complexity index is 785. The average molecular weight is 531 g/mol. The van der Waals surface area contributed by atoms with E-state index in [0.717, 1.165) is 30.2 Å². The van der Waals surface area contributed by atoms with Gasteiger partial charge in [0.05, 0.1) is 6.54 Å². The van der Waals surface area contributed by atoms with Gasteiger partial charge in [-0.15, -0.1) is 24.0 Å². The molecule has 0 radical (unpaired) electrons. The van der Waals surface area contributed by atoms with Gasteiger partial charge in [-0.05, 0) is 55.3 Å². The molecule has 29 heavy (non-hydrogen) atoms. The first-order valence-electron chi connectivity index (χ1n) is 9.34. The van der Waals surface area contributed by atoms with Gasteiger partial charge in [-0.3, -0.25) is 9.79 Å². The number of carbonyl (C=O) groups excluding carboxylic acids is 1. The number of aliphatic imine (C=N–C) groups is 1. The van der Waals surface area contributed by atoms with Gasteiger partial charge in [-0.25, -0.2) is 0 Å². The maximum Gasteiger partial charge on any atom is 0.251 e. The molecule has 2 aromatic rings. The van der Waals surface area contributed by atoms with Crippen molar-refractivity contribution in [2.75, 3.05) is 33.3 Å². The Morgan fingerprint density at radius 1 is 1.14 bits per heavy atom. The van der Waals surface area contributed by atoms with E-state index in [4.69, 9.17) is 16.3 Å². The van der Waals surface area contributed by atoms with E-state index >= 15 is 0 Å². The third kappa shape index (κ3) is 9.36. The minimum Gasteiger partial charge on any atom is -0.492 e. The molecule has 0 saturated carbocycles. The molecule has 0 unspecified atom stereocenters. The Morgan fingerprint density at radius 3 is 2.59 bits per heavy atom. The van der Waals surface area contributed by atoms with Crippen LogP contribution in [0.3, 0.4) is 0 Å². The first-order chi connectivity index (χ1) is 13.6. The molecule has 6 nitrogen and oxygen atoms in total. The molecule has 0 bridgehead atoms. The normalized spacial score (nSPS) is 10.7. The van der Waals surface area contributed by atoms with E-state index in [2.05, 4.69) is 20.9 Å². The number of rotatable bonds is 9. The van der Waals surface area contributed by atoms with Gasteiger partial charge in [0.2, 0.25) is 0 Å². The summed E-state index contributed by atoms with van der Waals surface area (Å²) < 4.78 is 5.67. The van der Waals surface area contributed by atoms with Gasteiger partial charge in [0.15, 0.2) is 5.96 Å². The molecule has 2 aromatic carbocycles. The van der Waals surface area contributed by atoms with Gasteiger partial charge < -0.3 is 20.7 Å². The second-order valence-corrected chi connectivity index (χ2v) is 6.46. The van der Waals surface area contributed by atoms with E-state index in [0.29, 0.717) is 30.3 Å². The Balaban J connectivity index is 0.00000420. The Kier molecular flexibility index (Phi) is 12.1. The second kappa shape index (κ2) is 14.1. The molecular weight excluding hydrogens is 503 g/mol. The smallest absolute Gasteiger partial charge is 0.251 e. The van der Waals surface area contributed by atoms with Crippen LogP contribution in [-0.4, -0.2) is 45.2 Å². The zero-order valence-corrected chi connectivity index (χ0v) is 19.8. The van der Waals surface area contributed by atoms with Gasteiger partial charge in [-0.2, -0.15) is 0 Å². The SMILES string of the molecule is CCNC(=NCCc1cccc(C(=O)NC)c1)NCCOc1ccc(Cl)cc1.I. The Hall–Kier alpha value is -2.00. The molecule has 0 spiro atoms. The van der Waals surface area contributed by atoms with E-state index < -0.39 is 0 Å². The van der Waals surface area contributed by atoms with Gasteiger partial charge >= 0.3 is 0 Å². The number of amides is 1. The quantitative estimate of drug-likeness (QED) is 0.201. The van der Waals surface area contributed by atoms with E-state index in [1.165, 1.54) is 0 Å². The van der Waals surface area contributed by atoms with Crippen LogP contribution >= 0.6 is 35.6 Å². The highest BCUT2D eigenvalue weighted by molar-refractivity contribution is 14.0. The van der Waals surface area contributed by atoms with Gasteiger partial charge in [0.25, 0.3) is 5.91 Å². The fourth-order valence-electron chi connectivity index (χ4n) is 2.52. The first-order valence-corrected chi connectivity index (χ1v) is 9.71. The lowest BCUT2D eigenvalue weighted by molar-refractivity contribution is 0.0963. The van der Waals surface area contributed by atoms with Crippen LogP contribution in [0.4, 0.5) is 0 Å². The zero-order chi connectivity index (χ0) is 20.2. The Morgan fingerprint density at radius 2 is 1.90 bits per heavy atom. The Labute approximate surface area is 194 Å². The summed E-state index contributed by atoms with van der Waals surface area (Å²) in [7, 11) is 1.63. The number of nitrogens with one attached hydrogen (secondary N) is 3. The predicted molar refractivity (Wildman–Crippen MR) is 130 cm³/mol. The minimum absolute atomic E-state index is 0. The van der Waals surface area contributed by atoms with Crippen molar-refractivity contribution >= 4 is 47.4 Å². The lowest BCUT2D eigenvalue weighted by Crippen LogP contribution is -2.39. The lowest BCUT2D eigenvalue weighted by Gasteiger charge is -2.12. The number of benzene rings is 2. The molecule has 2 rings (SSSR count). The number of halogens is 2. The molecule has 1 amide bonds. The number of hydrogen-bond acceptors (Lipinski definition) is 3. The van der Waals surface area contributed by atoms with Crippen LogP contribution in [0.5, 0.6) is 5.75 Å². The van der Waals surface area contributed by atoms with Gasteiger partial charge in [0, 0.05) is 30.7 Å².